The number of hydrogen-bond acceptors (Lipinski definition) is 0. The second-order valence-corrected chi connectivity index (χ2v) is 11.2. The third-order valence-corrected chi connectivity index (χ3v) is 7.62. The van der Waals surface area contributed by atoms with Crippen LogP contribution < -0.4 is 0 Å². The number of allylic oxidation sites excluding steroid dienone is 2. The highest BCUT2D eigenvalue weighted by atomic mass is 14.0. The van der Waals surface area contributed by atoms with Gasteiger partial charge in [-0.25, -0.2) is 0 Å². The fraction of sp³-hybridized carbons (Fsp3) is 0.941. The summed E-state index contributed by atoms with van der Waals surface area (Å²) in [4.78, 5) is 0. The van der Waals surface area contributed by atoms with Gasteiger partial charge in [-0.2, -0.15) is 0 Å². The molecule has 0 spiro atoms. The van der Waals surface area contributed by atoms with Gasteiger partial charge in [0.1, 0.15) is 0 Å². The molecule has 0 amide bonds. The molecule has 0 atom stereocenters. The third kappa shape index (κ3) is 31.7. The topological polar surface area (TPSA) is 0 Å². The van der Waals surface area contributed by atoms with Gasteiger partial charge >= 0.3 is 0 Å². The first-order valence-electron chi connectivity index (χ1n) is 16.6. The van der Waals surface area contributed by atoms with Crippen molar-refractivity contribution in [2.24, 2.45) is 0 Å². The maximum Gasteiger partial charge on any atom is -0.0351 e. The van der Waals surface area contributed by atoms with Crippen molar-refractivity contribution < 1.29 is 0 Å². The zero-order valence-corrected chi connectivity index (χ0v) is 24.4. The Labute approximate surface area is 218 Å². The summed E-state index contributed by atoms with van der Waals surface area (Å²) in [5, 5.41) is 0. The predicted molar refractivity (Wildman–Crippen MR) is 159 cm³/mol. The highest BCUT2D eigenvalue weighted by Gasteiger charge is 1.95. The lowest BCUT2D eigenvalue weighted by molar-refractivity contribution is 0.520. The molecule has 0 N–H and O–H groups in total. The molecule has 0 aromatic heterocycles. The van der Waals surface area contributed by atoms with E-state index < -0.39 is 0 Å². The van der Waals surface area contributed by atoms with E-state index in [0.717, 1.165) is 0 Å². The Hall–Kier alpha value is -0.260. The first-order valence-corrected chi connectivity index (χ1v) is 16.6. The molecule has 0 heteroatoms. The van der Waals surface area contributed by atoms with Gasteiger partial charge in [0.25, 0.3) is 0 Å². The number of rotatable bonds is 30. The van der Waals surface area contributed by atoms with Gasteiger partial charge in [-0.3, -0.25) is 0 Å². The van der Waals surface area contributed by atoms with Crippen molar-refractivity contribution in [3.8, 4) is 0 Å². The van der Waals surface area contributed by atoms with Crippen molar-refractivity contribution >= 4 is 0 Å². The minimum absolute atomic E-state index is 1.31. The molecule has 204 valence electrons. The highest BCUT2D eigenvalue weighted by Crippen LogP contribution is 2.15. The Morgan fingerprint density at radius 3 is 0.618 bits per heavy atom. The molecule has 0 aliphatic carbocycles. The zero-order chi connectivity index (χ0) is 24.6. The minimum Gasteiger partial charge on any atom is -0.0885 e. The average molecular weight is 477 g/mol. The Kier molecular flexibility index (Phi) is 32.5. The lowest BCUT2D eigenvalue weighted by Gasteiger charge is -2.04. The molecule has 0 aliphatic rings. The minimum atomic E-state index is 1.31. The maximum atomic E-state index is 2.45. The Balaban J connectivity index is 3.05. The van der Waals surface area contributed by atoms with Crippen molar-refractivity contribution in [3.05, 3.63) is 12.2 Å². The monoisotopic (exact) mass is 477 g/mol. The third-order valence-electron chi connectivity index (χ3n) is 7.62. The van der Waals surface area contributed by atoms with Crippen molar-refractivity contribution in [1.82, 2.24) is 0 Å². The standard InChI is InChI=1S/C34H68/c1-3-5-7-9-11-13-15-17-19-21-23-25-27-29-31-33-34-32-30-28-26-24-22-20-18-16-14-12-10-8-6-4-2/h19,21H,3-18,20,22-34H2,1-2H3. The van der Waals surface area contributed by atoms with Crippen LogP contribution in [0.15, 0.2) is 12.2 Å². The van der Waals surface area contributed by atoms with Crippen LogP contribution in [-0.4, -0.2) is 0 Å². The summed E-state index contributed by atoms with van der Waals surface area (Å²) >= 11 is 0. The average Bonchev–Trinajstić information content (AvgIpc) is 2.85. The molecule has 0 saturated heterocycles. The summed E-state index contributed by atoms with van der Waals surface area (Å²) in [6.07, 6.45) is 48.4. The van der Waals surface area contributed by atoms with Crippen LogP contribution in [0.5, 0.6) is 0 Å². The second kappa shape index (κ2) is 32.7. The van der Waals surface area contributed by atoms with Crippen molar-refractivity contribution in [3.63, 3.8) is 0 Å². The van der Waals surface area contributed by atoms with Crippen LogP contribution in [-0.2, 0) is 0 Å². The van der Waals surface area contributed by atoms with Crippen LogP contribution in [0, 0.1) is 0 Å². The Morgan fingerprint density at radius 1 is 0.235 bits per heavy atom. The second-order valence-electron chi connectivity index (χ2n) is 11.2. The van der Waals surface area contributed by atoms with E-state index in [1.165, 1.54) is 193 Å². The molecule has 34 heavy (non-hydrogen) atoms. The van der Waals surface area contributed by atoms with E-state index in [-0.39, 0.29) is 0 Å². The van der Waals surface area contributed by atoms with Crippen LogP contribution in [0.2, 0.25) is 0 Å². The molecule has 0 saturated carbocycles. The van der Waals surface area contributed by atoms with Gasteiger partial charge in [-0.1, -0.05) is 193 Å². The largest absolute Gasteiger partial charge is 0.0885 e. The molecule has 0 nitrogen and oxygen atoms in total. The molecule has 0 aromatic rings. The van der Waals surface area contributed by atoms with E-state index in [2.05, 4.69) is 26.0 Å². The number of hydrogen-bond donors (Lipinski definition) is 0. The highest BCUT2D eigenvalue weighted by molar-refractivity contribution is 4.81. The quantitative estimate of drug-likeness (QED) is 0.0714. The molecule has 0 rings (SSSR count). The molecule has 0 radical (unpaired) electrons. The van der Waals surface area contributed by atoms with E-state index in [0.29, 0.717) is 0 Å². The first kappa shape index (κ1) is 33.7. The van der Waals surface area contributed by atoms with Gasteiger partial charge in [0.2, 0.25) is 0 Å². The van der Waals surface area contributed by atoms with E-state index in [1.807, 2.05) is 0 Å². The van der Waals surface area contributed by atoms with E-state index in [9.17, 15) is 0 Å². The van der Waals surface area contributed by atoms with Gasteiger partial charge in [0.05, 0.1) is 0 Å². The van der Waals surface area contributed by atoms with E-state index in [1.54, 1.807) is 0 Å². The first-order chi connectivity index (χ1) is 16.9. The molecule has 0 unspecified atom stereocenters. The molecule has 0 bridgehead atoms. The fourth-order valence-electron chi connectivity index (χ4n) is 5.15. The van der Waals surface area contributed by atoms with Crippen LogP contribution in [0.25, 0.3) is 0 Å². The van der Waals surface area contributed by atoms with Gasteiger partial charge < -0.3 is 0 Å². The Bertz CT molecular complexity index is 355. The normalized spacial score (nSPS) is 11.7. The summed E-state index contributed by atoms with van der Waals surface area (Å²) in [5.74, 6) is 0. The molecule has 0 aliphatic heterocycles. The predicted octanol–water partition coefficient (Wildman–Crippen LogP) is 13.3. The Morgan fingerprint density at radius 2 is 0.412 bits per heavy atom. The molecular formula is C34H68. The molecule has 0 fully saturated rings. The van der Waals surface area contributed by atoms with Crippen LogP contribution in [0.4, 0.5) is 0 Å². The SMILES string of the molecule is CCCCCCCCCC=CCCCCCCCCCCCCCCCCCCCCCCC. The molecule has 0 heterocycles. The fourth-order valence-corrected chi connectivity index (χ4v) is 5.15. The van der Waals surface area contributed by atoms with Crippen molar-refractivity contribution in [2.75, 3.05) is 0 Å². The zero-order valence-electron chi connectivity index (χ0n) is 24.4. The van der Waals surface area contributed by atoms with E-state index in [4.69, 9.17) is 0 Å². The smallest absolute Gasteiger partial charge is 0.0351 e. The van der Waals surface area contributed by atoms with Crippen LogP contribution in [0.1, 0.15) is 206 Å². The summed E-state index contributed by atoms with van der Waals surface area (Å²) < 4.78 is 0. The van der Waals surface area contributed by atoms with Gasteiger partial charge in [-0.05, 0) is 25.7 Å². The van der Waals surface area contributed by atoms with Crippen LogP contribution >= 0.6 is 0 Å². The summed E-state index contributed by atoms with van der Waals surface area (Å²) in [6, 6.07) is 0. The van der Waals surface area contributed by atoms with Gasteiger partial charge in [0.15, 0.2) is 0 Å². The maximum absolute atomic E-state index is 2.45. The summed E-state index contributed by atoms with van der Waals surface area (Å²) in [5.41, 5.74) is 0. The summed E-state index contributed by atoms with van der Waals surface area (Å²) in [7, 11) is 0. The van der Waals surface area contributed by atoms with Crippen LogP contribution in [0.3, 0.4) is 0 Å². The van der Waals surface area contributed by atoms with Crippen molar-refractivity contribution in [2.45, 2.75) is 206 Å². The lowest BCUT2D eigenvalue weighted by atomic mass is 10.0. The summed E-state index contributed by atoms with van der Waals surface area (Å²) in [6.45, 7) is 4.60. The lowest BCUT2D eigenvalue weighted by Crippen LogP contribution is -1.84. The van der Waals surface area contributed by atoms with E-state index >= 15 is 0 Å². The van der Waals surface area contributed by atoms with Gasteiger partial charge in [0, 0.05) is 0 Å². The van der Waals surface area contributed by atoms with Gasteiger partial charge in [-0.15, -0.1) is 0 Å². The molecular weight excluding hydrogens is 408 g/mol. The van der Waals surface area contributed by atoms with Crippen molar-refractivity contribution in [1.29, 1.82) is 0 Å². The molecule has 0 aromatic carbocycles. The number of unbranched alkanes of at least 4 members (excludes halogenated alkanes) is 28.